The number of aromatic nitrogens is 2. The van der Waals surface area contributed by atoms with Crippen molar-refractivity contribution in [3.05, 3.63) is 66.0 Å². The molecule has 0 aliphatic carbocycles. The summed E-state index contributed by atoms with van der Waals surface area (Å²) in [4.78, 5) is 20.2. The SMILES string of the molecule is COC(=O)C1COC(c2ccc(Cn3cnc4ccccc43)cc2)=N1. The van der Waals surface area contributed by atoms with Gasteiger partial charge in [0.05, 0.1) is 24.5 Å². The average Bonchev–Trinajstić information content (AvgIpc) is 3.30. The lowest BCUT2D eigenvalue weighted by Crippen LogP contribution is -2.21. The Morgan fingerprint density at radius 2 is 2.04 bits per heavy atom. The molecule has 1 aliphatic heterocycles. The van der Waals surface area contributed by atoms with Gasteiger partial charge in [-0.1, -0.05) is 24.3 Å². The van der Waals surface area contributed by atoms with E-state index in [4.69, 9.17) is 9.47 Å². The minimum Gasteiger partial charge on any atom is -0.475 e. The third kappa shape index (κ3) is 2.98. The molecule has 0 saturated heterocycles. The van der Waals surface area contributed by atoms with E-state index in [1.807, 2.05) is 48.8 Å². The molecule has 0 amide bonds. The molecule has 6 heteroatoms. The molecule has 1 aliphatic rings. The van der Waals surface area contributed by atoms with Crippen molar-refractivity contribution in [3.8, 4) is 0 Å². The zero-order valence-corrected chi connectivity index (χ0v) is 13.8. The maximum atomic E-state index is 11.5. The van der Waals surface area contributed by atoms with Crippen molar-refractivity contribution in [1.29, 1.82) is 0 Å². The lowest BCUT2D eigenvalue weighted by atomic mass is 10.1. The van der Waals surface area contributed by atoms with Crippen LogP contribution in [0.2, 0.25) is 0 Å². The van der Waals surface area contributed by atoms with Gasteiger partial charge < -0.3 is 14.0 Å². The fraction of sp³-hybridized carbons (Fsp3) is 0.211. The van der Waals surface area contributed by atoms with Gasteiger partial charge in [0.1, 0.15) is 6.61 Å². The fourth-order valence-electron chi connectivity index (χ4n) is 2.87. The summed E-state index contributed by atoms with van der Waals surface area (Å²) in [5, 5.41) is 0. The number of aliphatic imine (C=N–C) groups is 1. The van der Waals surface area contributed by atoms with Crippen LogP contribution >= 0.6 is 0 Å². The predicted octanol–water partition coefficient (Wildman–Crippen LogP) is 2.40. The van der Waals surface area contributed by atoms with E-state index in [2.05, 4.69) is 20.6 Å². The lowest BCUT2D eigenvalue weighted by molar-refractivity contribution is -0.142. The molecule has 1 unspecified atom stereocenters. The third-order valence-corrected chi connectivity index (χ3v) is 4.21. The number of methoxy groups -OCH3 is 1. The Hall–Kier alpha value is -3.15. The summed E-state index contributed by atoms with van der Waals surface area (Å²) in [5.41, 5.74) is 4.10. The van der Waals surface area contributed by atoms with Crippen molar-refractivity contribution in [1.82, 2.24) is 9.55 Å². The third-order valence-electron chi connectivity index (χ3n) is 4.21. The molecule has 2 aromatic carbocycles. The Bertz CT molecular complexity index is 944. The second-order valence-electron chi connectivity index (χ2n) is 5.84. The van der Waals surface area contributed by atoms with Gasteiger partial charge in [0.25, 0.3) is 0 Å². The zero-order valence-electron chi connectivity index (χ0n) is 13.8. The molecule has 0 radical (unpaired) electrons. The van der Waals surface area contributed by atoms with Crippen molar-refractivity contribution in [2.75, 3.05) is 13.7 Å². The normalized spacial score (nSPS) is 16.5. The van der Waals surface area contributed by atoms with E-state index < -0.39 is 6.04 Å². The van der Waals surface area contributed by atoms with Gasteiger partial charge in [-0.05, 0) is 29.8 Å². The number of carbonyl (C=O) groups is 1. The summed E-state index contributed by atoms with van der Waals surface area (Å²) in [6.07, 6.45) is 1.85. The van der Waals surface area contributed by atoms with Crippen LogP contribution in [0.25, 0.3) is 11.0 Å². The first-order valence-corrected chi connectivity index (χ1v) is 8.02. The molecular formula is C19H17N3O3. The highest BCUT2D eigenvalue weighted by atomic mass is 16.5. The maximum Gasteiger partial charge on any atom is 0.334 e. The smallest absolute Gasteiger partial charge is 0.334 e. The number of benzene rings is 2. The van der Waals surface area contributed by atoms with E-state index in [0.717, 1.165) is 28.7 Å². The Morgan fingerprint density at radius 1 is 1.24 bits per heavy atom. The minimum atomic E-state index is -0.572. The Labute approximate surface area is 144 Å². The summed E-state index contributed by atoms with van der Waals surface area (Å²) in [6, 6.07) is 15.4. The van der Waals surface area contributed by atoms with Crippen LogP contribution in [0.1, 0.15) is 11.1 Å². The van der Waals surface area contributed by atoms with Crippen LogP contribution in [0.4, 0.5) is 0 Å². The number of imidazole rings is 1. The molecule has 126 valence electrons. The maximum absolute atomic E-state index is 11.5. The molecule has 25 heavy (non-hydrogen) atoms. The van der Waals surface area contributed by atoms with Crippen molar-refractivity contribution < 1.29 is 14.3 Å². The van der Waals surface area contributed by atoms with Crippen molar-refractivity contribution in [2.24, 2.45) is 4.99 Å². The zero-order chi connectivity index (χ0) is 17.2. The Balaban J connectivity index is 1.52. The molecular weight excluding hydrogens is 318 g/mol. The number of rotatable bonds is 4. The standard InChI is InChI=1S/C19H17N3O3/c1-24-19(23)16-11-25-18(21-16)14-8-6-13(7-9-14)10-22-12-20-15-4-2-3-5-17(15)22/h2-9,12,16H,10-11H2,1H3. The lowest BCUT2D eigenvalue weighted by Gasteiger charge is -2.06. The largest absolute Gasteiger partial charge is 0.475 e. The van der Waals surface area contributed by atoms with Crippen LogP contribution in [0.5, 0.6) is 0 Å². The highest BCUT2D eigenvalue weighted by molar-refractivity contribution is 5.97. The van der Waals surface area contributed by atoms with Gasteiger partial charge in [-0.3, -0.25) is 0 Å². The van der Waals surface area contributed by atoms with Crippen molar-refractivity contribution in [3.63, 3.8) is 0 Å². The van der Waals surface area contributed by atoms with Crippen LogP contribution in [-0.2, 0) is 20.8 Å². The molecule has 0 saturated carbocycles. The van der Waals surface area contributed by atoms with Gasteiger partial charge in [-0.2, -0.15) is 0 Å². The molecule has 1 aromatic heterocycles. The van der Waals surface area contributed by atoms with E-state index in [0.29, 0.717) is 5.90 Å². The molecule has 0 N–H and O–H groups in total. The van der Waals surface area contributed by atoms with Gasteiger partial charge >= 0.3 is 5.97 Å². The number of fused-ring (bicyclic) bond motifs is 1. The number of ether oxygens (including phenoxy) is 2. The highest BCUT2D eigenvalue weighted by Crippen LogP contribution is 2.17. The summed E-state index contributed by atoms with van der Waals surface area (Å²) < 4.78 is 12.3. The van der Waals surface area contributed by atoms with Gasteiger partial charge in [-0.15, -0.1) is 0 Å². The van der Waals surface area contributed by atoms with E-state index >= 15 is 0 Å². The van der Waals surface area contributed by atoms with Crippen LogP contribution < -0.4 is 0 Å². The van der Waals surface area contributed by atoms with Crippen LogP contribution in [0.15, 0.2) is 59.9 Å². The molecule has 3 aromatic rings. The number of carbonyl (C=O) groups excluding carboxylic acids is 1. The summed E-state index contributed by atoms with van der Waals surface area (Å²) >= 11 is 0. The topological polar surface area (TPSA) is 65.7 Å². The monoisotopic (exact) mass is 335 g/mol. The van der Waals surface area contributed by atoms with Crippen LogP contribution in [0, 0.1) is 0 Å². The number of esters is 1. The average molecular weight is 335 g/mol. The van der Waals surface area contributed by atoms with E-state index in [9.17, 15) is 4.79 Å². The van der Waals surface area contributed by atoms with Gasteiger partial charge in [0.15, 0.2) is 6.04 Å². The fourth-order valence-corrected chi connectivity index (χ4v) is 2.87. The van der Waals surface area contributed by atoms with Crippen LogP contribution in [0.3, 0.4) is 0 Å². The highest BCUT2D eigenvalue weighted by Gasteiger charge is 2.27. The second-order valence-corrected chi connectivity index (χ2v) is 5.84. The molecule has 1 atom stereocenters. The first-order valence-electron chi connectivity index (χ1n) is 8.02. The van der Waals surface area contributed by atoms with Gasteiger partial charge in [-0.25, -0.2) is 14.8 Å². The summed E-state index contributed by atoms with van der Waals surface area (Å²) in [5.74, 6) is 0.105. The number of hydrogen-bond donors (Lipinski definition) is 0. The molecule has 2 heterocycles. The van der Waals surface area contributed by atoms with E-state index in [1.54, 1.807) is 0 Å². The number of para-hydroxylation sites is 2. The quantitative estimate of drug-likeness (QED) is 0.687. The predicted molar refractivity (Wildman–Crippen MR) is 93.6 cm³/mol. The van der Waals surface area contributed by atoms with Gasteiger partial charge in [0.2, 0.25) is 5.90 Å². The summed E-state index contributed by atoms with van der Waals surface area (Å²) in [7, 11) is 1.35. The first-order chi connectivity index (χ1) is 12.2. The Kier molecular flexibility index (Phi) is 3.93. The van der Waals surface area contributed by atoms with E-state index in [-0.39, 0.29) is 12.6 Å². The number of hydrogen-bond acceptors (Lipinski definition) is 5. The van der Waals surface area contributed by atoms with Crippen LogP contribution in [-0.4, -0.2) is 41.2 Å². The van der Waals surface area contributed by atoms with E-state index in [1.165, 1.54) is 7.11 Å². The minimum absolute atomic E-state index is 0.227. The Morgan fingerprint density at radius 3 is 2.84 bits per heavy atom. The molecule has 6 nitrogen and oxygen atoms in total. The van der Waals surface area contributed by atoms with Crippen molar-refractivity contribution >= 4 is 22.9 Å². The molecule has 4 rings (SSSR count). The van der Waals surface area contributed by atoms with Crippen molar-refractivity contribution in [2.45, 2.75) is 12.6 Å². The molecule has 0 bridgehead atoms. The second kappa shape index (κ2) is 6.39. The van der Waals surface area contributed by atoms with Gasteiger partial charge in [0, 0.05) is 12.1 Å². The summed E-state index contributed by atoms with van der Waals surface area (Å²) in [6.45, 7) is 0.962. The number of nitrogens with zero attached hydrogens (tertiary/aromatic N) is 3. The first kappa shape index (κ1) is 15.4. The molecule has 0 spiro atoms. The molecule has 0 fully saturated rings.